The van der Waals surface area contributed by atoms with Crippen molar-refractivity contribution < 1.29 is 22.2 Å². The van der Waals surface area contributed by atoms with Crippen LogP contribution in [0.5, 0.6) is 0 Å². The number of nitrogens with zero attached hydrogens (tertiary/aromatic N) is 1. The number of carbonyl (C=O) groups excluding carboxylic acids is 1. The highest BCUT2D eigenvalue weighted by molar-refractivity contribution is 9.10. The summed E-state index contributed by atoms with van der Waals surface area (Å²) < 4.78 is 38.0. The van der Waals surface area contributed by atoms with Gasteiger partial charge in [0.25, 0.3) is 0 Å². The largest absolute Gasteiger partial charge is 0.461 e. The maximum Gasteiger partial charge on any atom is 0.221 e. The Kier molecular flexibility index (Phi) is 4.74. The lowest BCUT2D eigenvalue weighted by atomic mass is 10.1. The first-order valence-electron chi connectivity index (χ1n) is 8.12. The number of furan rings is 1. The lowest BCUT2D eigenvalue weighted by Gasteiger charge is -2.05. The first-order chi connectivity index (χ1) is 13.5. The van der Waals surface area contributed by atoms with Crippen molar-refractivity contribution in [3.8, 4) is 11.5 Å². The molecule has 6 nitrogen and oxygen atoms in total. The van der Waals surface area contributed by atoms with Crippen LogP contribution < -0.4 is 0 Å². The molecule has 0 bridgehead atoms. The molecule has 8 heteroatoms. The maximum absolute atomic E-state index is 13.3. The molecule has 0 atom stereocenters. The number of benzene rings is 2. The van der Waals surface area contributed by atoms with Crippen molar-refractivity contribution in [1.82, 2.24) is 5.16 Å². The summed E-state index contributed by atoms with van der Waals surface area (Å²) in [6.07, 6.45) is 1.38. The first-order valence-corrected chi connectivity index (χ1v) is 10.4. The molecule has 0 radical (unpaired) electrons. The van der Waals surface area contributed by atoms with Gasteiger partial charge in [0.05, 0.1) is 11.2 Å². The van der Waals surface area contributed by atoms with E-state index in [1.54, 1.807) is 54.6 Å². The lowest BCUT2D eigenvalue weighted by Crippen LogP contribution is -2.10. The number of ketones is 1. The van der Waals surface area contributed by atoms with Gasteiger partial charge in [-0.15, -0.1) is 0 Å². The zero-order valence-corrected chi connectivity index (χ0v) is 16.6. The van der Waals surface area contributed by atoms with Crippen molar-refractivity contribution in [2.45, 2.75) is 9.79 Å². The second-order valence-corrected chi connectivity index (χ2v) is 8.62. The van der Waals surface area contributed by atoms with Crippen molar-refractivity contribution in [3.63, 3.8) is 0 Å². The van der Waals surface area contributed by atoms with E-state index in [1.165, 1.54) is 18.4 Å². The summed E-state index contributed by atoms with van der Waals surface area (Å²) in [5.41, 5.74) is -0.00965. The van der Waals surface area contributed by atoms with Crippen LogP contribution in [-0.2, 0) is 9.84 Å². The van der Waals surface area contributed by atoms with Gasteiger partial charge < -0.3 is 8.94 Å². The summed E-state index contributed by atoms with van der Waals surface area (Å²) in [6.45, 7) is 0. The highest BCUT2D eigenvalue weighted by Crippen LogP contribution is 2.35. The molecule has 0 spiro atoms. The molecule has 0 saturated heterocycles. The zero-order chi connectivity index (χ0) is 19.7. The Morgan fingerprint density at radius 3 is 2.29 bits per heavy atom. The number of hydrogen-bond donors (Lipinski definition) is 0. The van der Waals surface area contributed by atoms with Gasteiger partial charge in [-0.05, 0) is 48.5 Å². The van der Waals surface area contributed by atoms with Crippen LogP contribution in [0.2, 0.25) is 0 Å². The molecule has 0 saturated carbocycles. The molecule has 0 unspecified atom stereocenters. The van der Waals surface area contributed by atoms with E-state index in [0.29, 0.717) is 0 Å². The summed E-state index contributed by atoms with van der Waals surface area (Å²) >= 11 is 3.30. The van der Waals surface area contributed by atoms with Gasteiger partial charge in [-0.3, -0.25) is 4.79 Å². The Balaban J connectivity index is 1.94. The Morgan fingerprint density at radius 2 is 1.64 bits per heavy atom. The Morgan fingerprint density at radius 1 is 0.929 bits per heavy atom. The molecule has 0 N–H and O–H groups in total. The molecule has 0 aliphatic rings. The SMILES string of the molecule is O=C(c1ccc(Br)cc1)c1noc(-c2ccco2)c1S(=O)(=O)c1ccccc1. The van der Waals surface area contributed by atoms with Crippen LogP contribution >= 0.6 is 15.9 Å². The Hall–Kier alpha value is -2.97. The minimum atomic E-state index is -4.09. The van der Waals surface area contributed by atoms with E-state index in [4.69, 9.17) is 8.94 Å². The molecular weight excluding hydrogens is 446 g/mol. The van der Waals surface area contributed by atoms with Crippen LogP contribution in [0.1, 0.15) is 16.1 Å². The predicted molar refractivity (Wildman–Crippen MR) is 104 cm³/mol. The standard InChI is InChI=1S/C20H12BrNO5S/c21-14-10-8-13(9-11-14)18(23)17-20(19(27-22-17)16-7-4-12-26-16)28(24,25)15-5-2-1-3-6-15/h1-12H. The summed E-state index contributed by atoms with van der Waals surface area (Å²) in [5.74, 6) is -0.519. The molecule has 4 aromatic rings. The van der Waals surface area contributed by atoms with Gasteiger partial charge in [0.2, 0.25) is 21.4 Å². The molecule has 2 aromatic carbocycles. The highest BCUT2D eigenvalue weighted by atomic mass is 79.9. The molecule has 0 fully saturated rings. The Labute approximate surface area is 168 Å². The molecule has 140 valence electrons. The number of aromatic nitrogens is 1. The second-order valence-electron chi connectivity index (χ2n) is 5.82. The molecule has 4 rings (SSSR count). The zero-order valence-electron chi connectivity index (χ0n) is 14.2. The molecule has 2 heterocycles. The molecule has 0 aliphatic carbocycles. The monoisotopic (exact) mass is 457 g/mol. The smallest absolute Gasteiger partial charge is 0.221 e. The van der Waals surface area contributed by atoms with Crippen LogP contribution in [-0.4, -0.2) is 19.4 Å². The minimum Gasteiger partial charge on any atom is -0.461 e. The number of hydrogen-bond acceptors (Lipinski definition) is 6. The Bertz CT molecular complexity index is 1230. The van der Waals surface area contributed by atoms with Gasteiger partial charge >= 0.3 is 0 Å². The number of carbonyl (C=O) groups is 1. The summed E-state index contributed by atoms with van der Waals surface area (Å²) in [7, 11) is -4.09. The molecule has 0 amide bonds. The maximum atomic E-state index is 13.3. The second kappa shape index (κ2) is 7.21. The van der Waals surface area contributed by atoms with E-state index in [9.17, 15) is 13.2 Å². The van der Waals surface area contributed by atoms with Crippen LogP contribution in [0.4, 0.5) is 0 Å². The van der Waals surface area contributed by atoms with Gasteiger partial charge in [-0.1, -0.05) is 39.3 Å². The average Bonchev–Trinajstić information content (AvgIpc) is 3.38. The van der Waals surface area contributed by atoms with Gasteiger partial charge in [-0.25, -0.2) is 8.42 Å². The van der Waals surface area contributed by atoms with Crippen LogP contribution in [0.3, 0.4) is 0 Å². The topological polar surface area (TPSA) is 90.4 Å². The number of sulfone groups is 1. The van der Waals surface area contributed by atoms with E-state index in [1.807, 2.05) is 0 Å². The fourth-order valence-electron chi connectivity index (χ4n) is 2.70. The van der Waals surface area contributed by atoms with Crippen molar-refractivity contribution in [1.29, 1.82) is 0 Å². The van der Waals surface area contributed by atoms with Crippen molar-refractivity contribution in [2.75, 3.05) is 0 Å². The molecule has 0 aliphatic heterocycles. The minimum absolute atomic E-state index is 0.0239. The molecule has 28 heavy (non-hydrogen) atoms. The number of rotatable bonds is 5. The van der Waals surface area contributed by atoms with E-state index < -0.39 is 15.6 Å². The van der Waals surface area contributed by atoms with Crippen molar-refractivity contribution in [3.05, 3.63) is 88.7 Å². The fraction of sp³-hybridized carbons (Fsp3) is 0. The van der Waals surface area contributed by atoms with Crippen LogP contribution in [0.25, 0.3) is 11.5 Å². The van der Waals surface area contributed by atoms with E-state index >= 15 is 0 Å². The third-order valence-corrected chi connectivity index (χ3v) is 6.38. The summed E-state index contributed by atoms with van der Waals surface area (Å²) in [5, 5.41) is 3.79. The van der Waals surface area contributed by atoms with Gasteiger partial charge in [-0.2, -0.15) is 0 Å². The lowest BCUT2D eigenvalue weighted by molar-refractivity contribution is 0.102. The van der Waals surface area contributed by atoms with Crippen molar-refractivity contribution in [2.24, 2.45) is 0 Å². The summed E-state index contributed by atoms with van der Waals surface area (Å²) in [6, 6.07) is 17.5. The highest BCUT2D eigenvalue weighted by Gasteiger charge is 2.35. The fourth-order valence-corrected chi connectivity index (χ4v) is 4.48. The quantitative estimate of drug-likeness (QED) is 0.401. The van der Waals surface area contributed by atoms with Crippen LogP contribution in [0.15, 0.2) is 96.2 Å². The van der Waals surface area contributed by atoms with Gasteiger partial charge in [0.1, 0.15) is 0 Å². The number of halogens is 1. The first kappa shape index (κ1) is 18.4. The predicted octanol–water partition coefficient (Wildman–Crippen LogP) is 4.76. The third-order valence-electron chi connectivity index (χ3n) is 4.04. The van der Waals surface area contributed by atoms with Gasteiger partial charge in [0.15, 0.2) is 16.3 Å². The van der Waals surface area contributed by atoms with Crippen LogP contribution in [0, 0.1) is 0 Å². The van der Waals surface area contributed by atoms with E-state index in [0.717, 1.165) is 4.47 Å². The third kappa shape index (κ3) is 3.21. The average molecular weight is 458 g/mol. The molecular formula is C20H12BrNO5S. The van der Waals surface area contributed by atoms with Gasteiger partial charge in [0, 0.05) is 10.0 Å². The normalized spacial score (nSPS) is 11.5. The molecule has 2 aromatic heterocycles. The van der Waals surface area contributed by atoms with E-state index in [2.05, 4.69) is 21.1 Å². The summed E-state index contributed by atoms with van der Waals surface area (Å²) in [4.78, 5) is 12.7. The van der Waals surface area contributed by atoms with Crippen molar-refractivity contribution >= 4 is 31.6 Å². The van der Waals surface area contributed by atoms with E-state index in [-0.39, 0.29) is 32.6 Å².